The van der Waals surface area contributed by atoms with Gasteiger partial charge >= 0.3 is 0 Å². The molecule has 7 nitrogen and oxygen atoms in total. The Kier molecular flexibility index (Phi) is 6.52. The van der Waals surface area contributed by atoms with Crippen LogP contribution in [0.2, 0.25) is 0 Å². The number of nitrogen functional groups attached to an aromatic ring is 1. The van der Waals surface area contributed by atoms with Crippen molar-refractivity contribution in [2.45, 2.75) is 12.5 Å². The van der Waals surface area contributed by atoms with Gasteiger partial charge in [-0.1, -0.05) is 6.07 Å². The second kappa shape index (κ2) is 8.64. The molecule has 2 aromatic rings. The minimum Gasteiger partial charge on any atom is -0.497 e. The molecule has 0 aromatic heterocycles. The largest absolute Gasteiger partial charge is 0.497 e. The fourth-order valence-electron chi connectivity index (χ4n) is 2.94. The first kappa shape index (κ1) is 20.4. The second-order valence-electron chi connectivity index (χ2n) is 6.00. The van der Waals surface area contributed by atoms with E-state index in [1.807, 2.05) is 0 Å². The minimum absolute atomic E-state index is 0. The molecule has 144 valence electrons. The first-order chi connectivity index (χ1) is 12.5. The van der Waals surface area contributed by atoms with E-state index in [2.05, 4.69) is 5.32 Å². The third-order valence-corrected chi connectivity index (χ3v) is 4.31. The summed E-state index contributed by atoms with van der Waals surface area (Å²) in [5, 5.41) is 2.78. The molecule has 0 radical (unpaired) electrons. The number of hydrogen-bond acceptors (Lipinski definition) is 5. The maximum atomic E-state index is 12.7. The number of anilines is 2. The summed E-state index contributed by atoms with van der Waals surface area (Å²) in [6.45, 7) is 0.497. The number of nitrogens with two attached hydrogens (primary N) is 1. The van der Waals surface area contributed by atoms with E-state index in [4.69, 9.17) is 15.2 Å². The number of halogens is 1. The number of ether oxygens (including phenoxy) is 2. The molecule has 2 aromatic carbocycles. The fourth-order valence-corrected chi connectivity index (χ4v) is 2.94. The van der Waals surface area contributed by atoms with Crippen LogP contribution < -0.4 is 25.4 Å². The molecule has 1 aliphatic heterocycles. The van der Waals surface area contributed by atoms with Crippen molar-refractivity contribution in [3.8, 4) is 11.5 Å². The number of methoxy groups -OCH3 is 2. The molecule has 1 unspecified atom stereocenters. The summed E-state index contributed by atoms with van der Waals surface area (Å²) >= 11 is 0. The van der Waals surface area contributed by atoms with Crippen LogP contribution in [0.15, 0.2) is 42.5 Å². The maximum Gasteiger partial charge on any atom is 0.252 e. The Labute approximate surface area is 163 Å². The van der Waals surface area contributed by atoms with E-state index in [0.29, 0.717) is 41.4 Å². The van der Waals surface area contributed by atoms with Gasteiger partial charge < -0.3 is 25.4 Å². The summed E-state index contributed by atoms with van der Waals surface area (Å²) in [6, 6.07) is 11.3. The van der Waals surface area contributed by atoms with Crippen molar-refractivity contribution in [2.24, 2.45) is 0 Å². The zero-order chi connectivity index (χ0) is 18.7. The smallest absolute Gasteiger partial charge is 0.252 e. The zero-order valence-corrected chi connectivity index (χ0v) is 15.9. The Morgan fingerprint density at radius 3 is 2.41 bits per heavy atom. The van der Waals surface area contributed by atoms with Crippen molar-refractivity contribution in [2.75, 3.05) is 31.4 Å². The van der Waals surface area contributed by atoms with E-state index >= 15 is 0 Å². The normalized spacial score (nSPS) is 15.9. The van der Waals surface area contributed by atoms with Crippen LogP contribution in [0.1, 0.15) is 16.8 Å². The molecule has 27 heavy (non-hydrogen) atoms. The van der Waals surface area contributed by atoms with Crippen LogP contribution in [-0.4, -0.2) is 38.6 Å². The van der Waals surface area contributed by atoms with E-state index in [1.54, 1.807) is 61.6 Å². The van der Waals surface area contributed by atoms with Gasteiger partial charge in [-0.05, 0) is 24.6 Å². The van der Waals surface area contributed by atoms with Gasteiger partial charge in [-0.2, -0.15) is 0 Å². The van der Waals surface area contributed by atoms with Crippen molar-refractivity contribution >= 4 is 35.6 Å². The monoisotopic (exact) mass is 391 g/mol. The number of amides is 2. The predicted molar refractivity (Wildman–Crippen MR) is 106 cm³/mol. The van der Waals surface area contributed by atoms with Crippen molar-refractivity contribution < 1.29 is 19.1 Å². The summed E-state index contributed by atoms with van der Waals surface area (Å²) in [4.78, 5) is 26.7. The van der Waals surface area contributed by atoms with Gasteiger partial charge in [0.15, 0.2) is 0 Å². The third-order valence-electron chi connectivity index (χ3n) is 4.31. The molecular formula is C19H22ClN3O4. The van der Waals surface area contributed by atoms with Crippen LogP contribution in [0.25, 0.3) is 0 Å². The summed E-state index contributed by atoms with van der Waals surface area (Å²) in [6.07, 6.45) is 0.520. The van der Waals surface area contributed by atoms with Crippen molar-refractivity contribution in [1.29, 1.82) is 0 Å². The number of hydrogen-bond donors (Lipinski definition) is 2. The van der Waals surface area contributed by atoms with Crippen molar-refractivity contribution in [3.05, 3.63) is 48.0 Å². The first-order valence-electron chi connectivity index (χ1n) is 8.22. The first-order valence-corrected chi connectivity index (χ1v) is 8.22. The van der Waals surface area contributed by atoms with Gasteiger partial charge in [-0.25, -0.2) is 0 Å². The Morgan fingerprint density at radius 2 is 1.81 bits per heavy atom. The molecule has 1 saturated heterocycles. The highest BCUT2D eigenvalue weighted by Gasteiger charge is 2.34. The number of nitrogens with zero attached hydrogens (tertiary/aromatic N) is 1. The van der Waals surface area contributed by atoms with Crippen molar-refractivity contribution in [3.63, 3.8) is 0 Å². The van der Waals surface area contributed by atoms with Gasteiger partial charge in [0.2, 0.25) is 5.91 Å². The minimum atomic E-state index is -0.582. The Bertz CT molecular complexity index is 821. The van der Waals surface area contributed by atoms with Gasteiger partial charge in [0, 0.05) is 36.0 Å². The zero-order valence-electron chi connectivity index (χ0n) is 15.1. The molecule has 2 amide bonds. The maximum absolute atomic E-state index is 12.7. The fraction of sp³-hybridized carbons (Fsp3) is 0.263. The Morgan fingerprint density at radius 1 is 1.15 bits per heavy atom. The topological polar surface area (TPSA) is 93.9 Å². The number of benzene rings is 2. The van der Waals surface area contributed by atoms with Gasteiger partial charge in [0.1, 0.15) is 17.5 Å². The lowest BCUT2D eigenvalue weighted by Gasteiger charge is -2.19. The van der Waals surface area contributed by atoms with Gasteiger partial charge in [0.25, 0.3) is 5.91 Å². The average molecular weight is 392 g/mol. The van der Waals surface area contributed by atoms with Crippen LogP contribution in [0, 0.1) is 0 Å². The van der Waals surface area contributed by atoms with Gasteiger partial charge in [-0.15, -0.1) is 12.4 Å². The van der Waals surface area contributed by atoms with E-state index in [1.165, 1.54) is 0 Å². The molecule has 3 N–H and O–H groups in total. The van der Waals surface area contributed by atoms with Crippen LogP contribution in [-0.2, 0) is 4.79 Å². The molecule has 1 heterocycles. The number of carbonyl (C=O) groups is 2. The molecule has 1 fully saturated rings. The van der Waals surface area contributed by atoms with Gasteiger partial charge in [0.05, 0.1) is 19.9 Å². The molecule has 8 heteroatoms. The molecule has 3 rings (SSSR count). The van der Waals surface area contributed by atoms with E-state index < -0.39 is 6.04 Å². The van der Waals surface area contributed by atoms with E-state index in [-0.39, 0.29) is 24.2 Å². The van der Waals surface area contributed by atoms with Gasteiger partial charge in [-0.3, -0.25) is 9.59 Å². The highest BCUT2D eigenvalue weighted by molar-refractivity contribution is 6.04. The van der Waals surface area contributed by atoms with Crippen LogP contribution in [0.4, 0.5) is 11.4 Å². The van der Waals surface area contributed by atoms with Crippen LogP contribution in [0.3, 0.4) is 0 Å². The molecule has 0 aliphatic carbocycles. The lowest BCUT2D eigenvalue weighted by molar-refractivity contribution is -0.118. The highest BCUT2D eigenvalue weighted by atomic mass is 35.5. The predicted octanol–water partition coefficient (Wildman–Crippen LogP) is 2.24. The Hall–Kier alpha value is -2.93. The number of rotatable bonds is 5. The molecule has 1 atom stereocenters. The molecule has 0 saturated carbocycles. The summed E-state index contributed by atoms with van der Waals surface area (Å²) < 4.78 is 10.5. The molecule has 1 aliphatic rings. The SMILES string of the molecule is COc1cc(OC)cc(N2CCC(NC(=O)c3cccc(N)c3)C2=O)c1.Cl. The highest BCUT2D eigenvalue weighted by Crippen LogP contribution is 2.31. The Balaban J connectivity index is 0.00000261. The second-order valence-corrected chi connectivity index (χ2v) is 6.00. The van der Waals surface area contributed by atoms with E-state index in [9.17, 15) is 9.59 Å². The number of nitrogens with one attached hydrogen (secondary N) is 1. The average Bonchev–Trinajstić information content (AvgIpc) is 3.01. The van der Waals surface area contributed by atoms with Crippen molar-refractivity contribution in [1.82, 2.24) is 5.32 Å². The summed E-state index contributed by atoms with van der Waals surface area (Å²) in [5.74, 6) is 0.706. The number of carbonyl (C=O) groups excluding carboxylic acids is 2. The lowest BCUT2D eigenvalue weighted by atomic mass is 10.1. The van der Waals surface area contributed by atoms with E-state index in [0.717, 1.165) is 0 Å². The third kappa shape index (κ3) is 4.43. The molecule has 0 spiro atoms. The lowest BCUT2D eigenvalue weighted by Crippen LogP contribution is -2.41. The van der Waals surface area contributed by atoms with Crippen LogP contribution >= 0.6 is 12.4 Å². The molecule has 0 bridgehead atoms. The van der Waals surface area contributed by atoms with Crippen LogP contribution in [0.5, 0.6) is 11.5 Å². The summed E-state index contributed by atoms with van der Waals surface area (Å²) in [7, 11) is 3.11. The summed E-state index contributed by atoms with van der Waals surface area (Å²) in [5.41, 5.74) is 7.31. The quantitative estimate of drug-likeness (QED) is 0.762. The molecular weight excluding hydrogens is 370 g/mol. The standard InChI is InChI=1S/C19H21N3O4.ClH/c1-25-15-9-14(10-16(11-15)26-2)22-7-6-17(19(22)24)21-18(23)12-4-3-5-13(20)8-12;/h3-5,8-11,17H,6-7,20H2,1-2H3,(H,21,23);1H.